The van der Waals surface area contributed by atoms with Gasteiger partial charge in [0.2, 0.25) is 0 Å². The molecule has 3 nitrogen and oxygen atoms in total. The Kier molecular flexibility index (Phi) is 2.91. The van der Waals surface area contributed by atoms with E-state index in [0.29, 0.717) is 22.5 Å². The molecule has 0 unspecified atom stereocenters. The Morgan fingerprint density at radius 3 is 2.43 bits per heavy atom. The molecule has 104 valence electrons. The summed E-state index contributed by atoms with van der Waals surface area (Å²) in [5.74, 6) is 2.46. The highest BCUT2D eigenvalue weighted by Crippen LogP contribution is 2.30. The molecule has 0 aliphatic heterocycles. The van der Waals surface area contributed by atoms with E-state index in [1.807, 2.05) is 0 Å². The first kappa shape index (κ1) is 13.2. The summed E-state index contributed by atoms with van der Waals surface area (Å²) in [5, 5.41) is 4.03. The van der Waals surface area contributed by atoms with Crippen LogP contribution in [0.2, 0.25) is 0 Å². The Hall–Kier alpha value is -2.81. The first-order valence-electron chi connectivity index (χ1n) is 5.97. The van der Waals surface area contributed by atoms with Gasteiger partial charge in [-0.2, -0.15) is 18.3 Å². The summed E-state index contributed by atoms with van der Waals surface area (Å²) >= 11 is 0. The van der Waals surface area contributed by atoms with Crippen LogP contribution < -0.4 is 0 Å². The lowest BCUT2D eigenvalue weighted by Crippen LogP contribution is -2.04. The second kappa shape index (κ2) is 4.63. The van der Waals surface area contributed by atoms with Crippen molar-refractivity contribution in [2.45, 2.75) is 6.18 Å². The third-order valence-corrected chi connectivity index (χ3v) is 3.03. The Balaban J connectivity index is 2.06. The molecule has 3 rings (SSSR count). The fourth-order valence-corrected chi connectivity index (χ4v) is 1.96. The summed E-state index contributed by atoms with van der Waals surface area (Å²) < 4.78 is 39.1. The number of halogens is 3. The van der Waals surface area contributed by atoms with Crippen molar-refractivity contribution in [1.29, 1.82) is 0 Å². The summed E-state index contributed by atoms with van der Waals surface area (Å²) in [4.78, 5) is 4.34. The molecule has 21 heavy (non-hydrogen) atoms. The molecule has 0 amide bonds. The fourth-order valence-electron chi connectivity index (χ4n) is 1.96. The Morgan fingerprint density at radius 2 is 1.81 bits per heavy atom. The molecule has 0 spiro atoms. The number of aromatic nitrogens is 3. The summed E-state index contributed by atoms with van der Waals surface area (Å²) in [6, 6.07) is 6.49. The molecule has 0 saturated carbocycles. The fraction of sp³-hybridized carbons (Fsp3) is 0.0667. The standard InChI is InChI=1S/C15H8F3N3/c1-2-10-9-19-21-8-7-13(20-14(10)21)11-3-5-12(6-4-11)15(16,17)18/h1,3-9H. The molecule has 0 fully saturated rings. The zero-order valence-electron chi connectivity index (χ0n) is 10.6. The molecule has 3 aromatic rings. The predicted octanol–water partition coefficient (Wildman–Crippen LogP) is 3.40. The quantitative estimate of drug-likeness (QED) is 0.642. The summed E-state index contributed by atoms with van der Waals surface area (Å²) in [7, 11) is 0. The van der Waals surface area contributed by atoms with Crippen molar-refractivity contribution in [3.05, 3.63) is 53.9 Å². The highest BCUT2D eigenvalue weighted by Gasteiger charge is 2.30. The summed E-state index contributed by atoms with van der Waals surface area (Å²) in [6.45, 7) is 0. The Labute approximate surface area is 118 Å². The third-order valence-electron chi connectivity index (χ3n) is 3.03. The molecule has 1 aromatic carbocycles. The van der Waals surface area contributed by atoms with Crippen LogP contribution in [0.4, 0.5) is 13.2 Å². The van der Waals surface area contributed by atoms with E-state index in [1.54, 1.807) is 12.3 Å². The van der Waals surface area contributed by atoms with E-state index in [-0.39, 0.29) is 0 Å². The van der Waals surface area contributed by atoms with E-state index < -0.39 is 11.7 Å². The van der Waals surface area contributed by atoms with Gasteiger partial charge in [-0.25, -0.2) is 9.50 Å². The van der Waals surface area contributed by atoms with Gasteiger partial charge >= 0.3 is 6.18 Å². The number of fused-ring (bicyclic) bond motifs is 1. The normalized spacial score (nSPS) is 11.5. The Bertz CT molecular complexity index is 839. The van der Waals surface area contributed by atoms with Crippen LogP contribution in [0, 0.1) is 12.3 Å². The Morgan fingerprint density at radius 1 is 1.10 bits per heavy atom. The minimum absolute atomic E-state index is 0.495. The molecule has 0 aliphatic rings. The van der Waals surface area contributed by atoms with Gasteiger partial charge in [0.05, 0.1) is 23.0 Å². The van der Waals surface area contributed by atoms with Crippen molar-refractivity contribution in [3.8, 4) is 23.6 Å². The van der Waals surface area contributed by atoms with Crippen molar-refractivity contribution in [2.24, 2.45) is 0 Å². The molecular formula is C15H8F3N3. The van der Waals surface area contributed by atoms with E-state index in [0.717, 1.165) is 12.1 Å². The van der Waals surface area contributed by atoms with Crippen LogP contribution in [0.3, 0.4) is 0 Å². The lowest BCUT2D eigenvalue weighted by atomic mass is 10.1. The maximum atomic E-state index is 12.5. The largest absolute Gasteiger partial charge is 0.416 e. The minimum atomic E-state index is -4.35. The smallest absolute Gasteiger partial charge is 0.227 e. The van der Waals surface area contributed by atoms with E-state index >= 15 is 0 Å². The van der Waals surface area contributed by atoms with Crippen LogP contribution >= 0.6 is 0 Å². The first-order valence-corrected chi connectivity index (χ1v) is 5.97. The maximum absolute atomic E-state index is 12.5. The number of rotatable bonds is 1. The first-order chi connectivity index (χ1) is 9.99. The van der Waals surface area contributed by atoms with Crippen LogP contribution in [-0.2, 0) is 6.18 Å². The van der Waals surface area contributed by atoms with Crippen LogP contribution in [0.5, 0.6) is 0 Å². The molecule has 0 radical (unpaired) electrons. The molecular weight excluding hydrogens is 279 g/mol. The average Bonchev–Trinajstić information content (AvgIpc) is 2.88. The molecule has 0 aliphatic carbocycles. The van der Waals surface area contributed by atoms with E-state index in [1.165, 1.54) is 22.8 Å². The van der Waals surface area contributed by atoms with Crippen LogP contribution in [0.15, 0.2) is 42.7 Å². The van der Waals surface area contributed by atoms with Gasteiger partial charge in [-0.3, -0.25) is 0 Å². The number of alkyl halides is 3. The molecule has 2 aromatic heterocycles. The van der Waals surface area contributed by atoms with Gasteiger partial charge in [-0.1, -0.05) is 18.1 Å². The van der Waals surface area contributed by atoms with Crippen LogP contribution in [0.1, 0.15) is 11.1 Å². The zero-order chi connectivity index (χ0) is 15.0. The number of terminal acetylenes is 1. The highest BCUT2D eigenvalue weighted by molar-refractivity contribution is 5.64. The molecule has 0 bridgehead atoms. The van der Waals surface area contributed by atoms with Crippen molar-refractivity contribution in [1.82, 2.24) is 14.6 Å². The van der Waals surface area contributed by atoms with Crippen LogP contribution in [0.25, 0.3) is 16.9 Å². The monoisotopic (exact) mass is 287 g/mol. The highest BCUT2D eigenvalue weighted by atomic mass is 19.4. The van der Waals surface area contributed by atoms with E-state index in [9.17, 15) is 13.2 Å². The molecule has 2 heterocycles. The van der Waals surface area contributed by atoms with Gasteiger partial charge in [-0.05, 0) is 18.2 Å². The average molecular weight is 287 g/mol. The van der Waals surface area contributed by atoms with Gasteiger partial charge in [-0.15, -0.1) is 6.42 Å². The zero-order valence-corrected chi connectivity index (χ0v) is 10.6. The minimum Gasteiger partial charge on any atom is -0.227 e. The van der Waals surface area contributed by atoms with Crippen molar-refractivity contribution >= 4 is 5.65 Å². The van der Waals surface area contributed by atoms with E-state index in [2.05, 4.69) is 16.0 Å². The summed E-state index contributed by atoms with van der Waals surface area (Å²) in [5.41, 5.74) is 1.45. The van der Waals surface area contributed by atoms with E-state index in [4.69, 9.17) is 6.42 Å². The maximum Gasteiger partial charge on any atom is 0.416 e. The molecule has 0 N–H and O–H groups in total. The number of benzene rings is 1. The second-order valence-corrected chi connectivity index (χ2v) is 4.36. The third kappa shape index (κ3) is 2.34. The summed E-state index contributed by atoms with van der Waals surface area (Å²) in [6.07, 6.45) is 4.17. The van der Waals surface area contributed by atoms with Crippen molar-refractivity contribution in [3.63, 3.8) is 0 Å². The van der Waals surface area contributed by atoms with Gasteiger partial charge < -0.3 is 0 Å². The molecule has 0 saturated heterocycles. The topological polar surface area (TPSA) is 30.2 Å². The molecule has 6 heteroatoms. The molecule has 0 atom stereocenters. The lowest BCUT2D eigenvalue weighted by Gasteiger charge is -2.07. The van der Waals surface area contributed by atoms with Gasteiger partial charge in [0.1, 0.15) is 0 Å². The van der Waals surface area contributed by atoms with Gasteiger partial charge in [0, 0.05) is 11.8 Å². The number of nitrogens with zero attached hydrogens (tertiary/aromatic N) is 3. The predicted molar refractivity (Wildman–Crippen MR) is 71.4 cm³/mol. The van der Waals surface area contributed by atoms with Gasteiger partial charge in [0.25, 0.3) is 0 Å². The SMILES string of the molecule is C#Cc1cnn2ccc(-c3ccc(C(F)(F)F)cc3)nc12. The van der Waals surface area contributed by atoms with Gasteiger partial charge in [0.15, 0.2) is 5.65 Å². The number of hydrogen-bond acceptors (Lipinski definition) is 2. The second-order valence-electron chi connectivity index (χ2n) is 4.36. The lowest BCUT2D eigenvalue weighted by molar-refractivity contribution is -0.137. The van der Waals surface area contributed by atoms with Crippen molar-refractivity contribution in [2.75, 3.05) is 0 Å². The van der Waals surface area contributed by atoms with Crippen LogP contribution in [-0.4, -0.2) is 14.6 Å². The number of hydrogen-bond donors (Lipinski definition) is 0. The van der Waals surface area contributed by atoms with Crippen molar-refractivity contribution < 1.29 is 13.2 Å².